The Kier molecular flexibility index (Phi) is 6.64. The Morgan fingerprint density at radius 2 is 1.00 bits per heavy atom. The van der Waals surface area contributed by atoms with Gasteiger partial charge in [-0.15, -0.1) is 0 Å². The van der Waals surface area contributed by atoms with E-state index < -0.39 is 8.07 Å². The Morgan fingerprint density at radius 1 is 0.568 bits per heavy atom. The molecule has 0 aliphatic carbocycles. The fourth-order valence-corrected chi connectivity index (χ4v) is 8.51. The van der Waals surface area contributed by atoms with Crippen LogP contribution in [0.5, 0.6) is 0 Å². The first-order valence-corrected chi connectivity index (χ1v) is 16.9. The van der Waals surface area contributed by atoms with Gasteiger partial charge in [-0.25, -0.2) is 0 Å². The van der Waals surface area contributed by atoms with Gasteiger partial charge in [0.25, 0.3) is 0 Å². The molecule has 0 saturated heterocycles. The van der Waals surface area contributed by atoms with Gasteiger partial charge in [-0.1, -0.05) is 108 Å². The van der Waals surface area contributed by atoms with E-state index in [1.165, 1.54) is 69.7 Å². The number of fused-ring (bicyclic) bond motifs is 2. The number of rotatable bonds is 6. The Morgan fingerprint density at radius 3 is 1.43 bits per heavy atom. The average molecular weight is 503 g/mol. The normalized spacial score (nSPS) is 15.3. The van der Waals surface area contributed by atoms with Crippen LogP contribution in [0.4, 0.5) is 11.4 Å². The van der Waals surface area contributed by atoms with E-state index in [4.69, 9.17) is 0 Å². The van der Waals surface area contributed by atoms with Gasteiger partial charge in [-0.2, -0.15) is 0 Å². The second kappa shape index (κ2) is 10.2. The van der Waals surface area contributed by atoms with Crippen LogP contribution in [0.15, 0.2) is 97.1 Å². The van der Waals surface area contributed by atoms with Gasteiger partial charge in [0, 0.05) is 37.6 Å². The third kappa shape index (κ3) is 4.97. The van der Waals surface area contributed by atoms with E-state index in [0.717, 1.165) is 26.2 Å². The molecule has 4 aromatic carbocycles. The van der Waals surface area contributed by atoms with Gasteiger partial charge < -0.3 is 9.80 Å². The third-order valence-electron chi connectivity index (χ3n) is 8.48. The van der Waals surface area contributed by atoms with E-state index >= 15 is 0 Å². The zero-order valence-electron chi connectivity index (χ0n) is 22.3. The van der Waals surface area contributed by atoms with Crippen LogP contribution < -0.4 is 20.2 Å². The first kappa shape index (κ1) is 24.1. The Bertz CT molecular complexity index is 1260. The summed E-state index contributed by atoms with van der Waals surface area (Å²) in [4.78, 5) is 5.22. The lowest BCUT2D eigenvalue weighted by atomic mass is 10.0. The molecule has 0 radical (unpaired) electrons. The highest BCUT2D eigenvalue weighted by Gasteiger charge is 2.30. The smallest absolute Gasteiger partial charge is 0.112 e. The third-order valence-corrected chi connectivity index (χ3v) is 12.0. The van der Waals surface area contributed by atoms with Gasteiger partial charge in [0.05, 0.1) is 0 Å². The van der Waals surface area contributed by atoms with Gasteiger partial charge in [0.15, 0.2) is 0 Å². The molecule has 0 spiro atoms. The number of nitrogens with zero attached hydrogens (tertiary/aromatic N) is 2. The molecule has 0 unspecified atom stereocenters. The summed E-state index contributed by atoms with van der Waals surface area (Å²) < 4.78 is 0. The predicted octanol–water partition coefficient (Wildman–Crippen LogP) is 6.41. The molecule has 0 fully saturated rings. The Balaban J connectivity index is 1.31. The van der Waals surface area contributed by atoms with Crippen molar-refractivity contribution in [2.75, 3.05) is 22.9 Å². The van der Waals surface area contributed by atoms with Gasteiger partial charge in [0.2, 0.25) is 0 Å². The molecule has 6 rings (SSSR count). The molecule has 37 heavy (non-hydrogen) atoms. The van der Waals surface area contributed by atoms with E-state index in [1.807, 2.05) is 0 Å². The van der Waals surface area contributed by atoms with Crippen molar-refractivity contribution in [3.05, 3.63) is 119 Å². The molecule has 3 heteroatoms. The van der Waals surface area contributed by atoms with Crippen molar-refractivity contribution in [1.82, 2.24) is 0 Å². The molecule has 0 atom stereocenters. The highest BCUT2D eigenvalue weighted by molar-refractivity contribution is 7.00. The van der Waals surface area contributed by atoms with Gasteiger partial charge in [0.1, 0.15) is 8.07 Å². The molecule has 0 saturated carbocycles. The minimum atomic E-state index is -1.87. The van der Waals surface area contributed by atoms with E-state index in [0.29, 0.717) is 0 Å². The molecule has 0 amide bonds. The maximum Gasteiger partial charge on any atom is 0.112 e. The van der Waals surface area contributed by atoms with E-state index in [1.54, 1.807) is 0 Å². The van der Waals surface area contributed by atoms with Crippen LogP contribution in [0, 0.1) is 0 Å². The zero-order chi connectivity index (χ0) is 25.2. The Labute approximate surface area is 223 Å². The molecule has 2 nitrogen and oxygen atoms in total. The van der Waals surface area contributed by atoms with Crippen molar-refractivity contribution < 1.29 is 0 Å². The van der Waals surface area contributed by atoms with Crippen molar-refractivity contribution in [1.29, 1.82) is 0 Å². The largest absolute Gasteiger partial charge is 0.367 e. The molecule has 2 heterocycles. The number of aryl methyl sites for hydroxylation is 2. The van der Waals surface area contributed by atoms with Crippen LogP contribution in [-0.4, -0.2) is 21.2 Å². The highest BCUT2D eigenvalue weighted by atomic mass is 28.3. The molecular formula is C34H38N2Si. The zero-order valence-corrected chi connectivity index (χ0v) is 23.3. The minimum absolute atomic E-state index is 0.993. The fraction of sp³-hybridized carbons (Fsp3) is 0.294. The van der Waals surface area contributed by atoms with Crippen LogP contribution in [0.1, 0.15) is 35.1 Å². The maximum absolute atomic E-state index is 2.61. The molecular weight excluding hydrogens is 464 g/mol. The summed E-state index contributed by atoms with van der Waals surface area (Å²) >= 11 is 0. The number of anilines is 2. The summed E-state index contributed by atoms with van der Waals surface area (Å²) in [7, 11) is -1.87. The second-order valence-corrected chi connectivity index (χ2v) is 15.7. The van der Waals surface area contributed by atoms with Crippen LogP contribution in [-0.2, 0) is 25.9 Å². The van der Waals surface area contributed by atoms with Crippen LogP contribution in [0.3, 0.4) is 0 Å². The lowest BCUT2D eigenvalue weighted by molar-refractivity contribution is 0.691. The molecule has 4 aromatic rings. The number of benzene rings is 4. The maximum atomic E-state index is 2.61. The number of hydrogen-bond donors (Lipinski definition) is 0. The van der Waals surface area contributed by atoms with E-state index in [2.05, 4.69) is 120 Å². The summed E-state index contributed by atoms with van der Waals surface area (Å²) in [6, 6.07) is 36.7. The van der Waals surface area contributed by atoms with Gasteiger partial charge >= 0.3 is 0 Å². The molecule has 188 valence electrons. The predicted molar refractivity (Wildman–Crippen MR) is 161 cm³/mol. The number of hydrogen-bond acceptors (Lipinski definition) is 2. The summed E-state index contributed by atoms with van der Waals surface area (Å²) in [5.41, 5.74) is 8.72. The SMILES string of the molecule is C[Si](C)(c1ccc2c(c1)N(Cc1ccccc1)CCC2)c1ccc2c(c1)N(Cc1ccccc1)CCC2. The van der Waals surface area contributed by atoms with E-state index in [-0.39, 0.29) is 0 Å². The quantitative estimate of drug-likeness (QED) is 0.281. The van der Waals surface area contributed by atoms with Crippen molar-refractivity contribution in [3.63, 3.8) is 0 Å². The van der Waals surface area contributed by atoms with Crippen LogP contribution in [0.25, 0.3) is 0 Å². The van der Waals surface area contributed by atoms with Crippen molar-refractivity contribution in [2.45, 2.75) is 51.9 Å². The second-order valence-electron chi connectivity index (χ2n) is 11.3. The first-order valence-electron chi connectivity index (χ1n) is 13.9. The average Bonchev–Trinajstić information content (AvgIpc) is 2.94. The van der Waals surface area contributed by atoms with Crippen molar-refractivity contribution in [3.8, 4) is 0 Å². The molecule has 0 N–H and O–H groups in total. The van der Waals surface area contributed by atoms with E-state index in [9.17, 15) is 0 Å². The lowest BCUT2D eigenvalue weighted by Gasteiger charge is -2.35. The molecule has 2 aliphatic heterocycles. The topological polar surface area (TPSA) is 6.48 Å². The fourth-order valence-electron chi connectivity index (χ4n) is 6.18. The molecule has 0 aromatic heterocycles. The van der Waals surface area contributed by atoms with Crippen molar-refractivity contribution in [2.24, 2.45) is 0 Å². The summed E-state index contributed by atoms with van der Waals surface area (Å²) in [5.74, 6) is 0. The van der Waals surface area contributed by atoms with Crippen LogP contribution in [0.2, 0.25) is 13.1 Å². The van der Waals surface area contributed by atoms with Gasteiger partial charge in [-0.05, 0) is 60.1 Å². The standard InChI is InChI=1S/C34H38N2Si/c1-37(2,31-19-17-29-15-9-21-35(33(29)23-31)25-27-11-5-3-6-12-27)32-20-18-30-16-10-22-36(34(30)24-32)26-28-13-7-4-8-14-28/h3-8,11-14,17-20,23-24H,9-10,15-16,21-22,25-26H2,1-2H3. The van der Waals surface area contributed by atoms with Gasteiger partial charge in [-0.3, -0.25) is 0 Å². The lowest BCUT2D eigenvalue weighted by Crippen LogP contribution is -2.53. The molecule has 2 aliphatic rings. The summed E-state index contributed by atoms with van der Waals surface area (Å²) in [6.07, 6.45) is 4.86. The van der Waals surface area contributed by atoms with Crippen LogP contribution >= 0.6 is 0 Å². The van der Waals surface area contributed by atoms with Crippen molar-refractivity contribution >= 4 is 29.8 Å². The summed E-state index contributed by atoms with van der Waals surface area (Å²) in [5, 5.41) is 3.08. The summed E-state index contributed by atoms with van der Waals surface area (Å²) in [6.45, 7) is 9.33. The molecule has 0 bridgehead atoms. The minimum Gasteiger partial charge on any atom is -0.367 e. The Hall–Kier alpha value is -3.30. The monoisotopic (exact) mass is 502 g/mol. The first-order chi connectivity index (χ1) is 18.1. The highest BCUT2D eigenvalue weighted by Crippen LogP contribution is 2.30.